The van der Waals surface area contributed by atoms with Crippen molar-refractivity contribution in [1.82, 2.24) is 0 Å². The average Bonchev–Trinajstić information content (AvgIpc) is 2.88. The van der Waals surface area contributed by atoms with Gasteiger partial charge in [0.1, 0.15) is 5.75 Å². The Bertz CT molecular complexity index is 838. The minimum Gasteiger partial charge on any atom is -0.496 e. The number of hydrogen-bond acceptors (Lipinski definition) is 2. The molecule has 120 valence electrons. The molecule has 0 fully saturated rings. The van der Waals surface area contributed by atoms with E-state index in [2.05, 4.69) is 64.2 Å². The van der Waals surface area contributed by atoms with Crippen molar-refractivity contribution in [1.29, 1.82) is 0 Å². The van der Waals surface area contributed by atoms with Gasteiger partial charge in [-0.25, -0.2) is 0 Å². The second kappa shape index (κ2) is 4.31. The summed E-state index contributed by atoms with van der Waals surface area (Å²) in [6.45, 7) is 11.4. The highest BCUT2D eigenvalue weighted by molar-refractivity contribution is 5.78. The predicted octanol–water partition coefficient (Wildman–Crippen LogP) is 4.78. The number of fused-ring (bicyclic) bond motifs is 5. The van der Waals surface area contributed by atoms with Crippen LogP contribution in [0, 0.1) is 20.8 Å². The van der Waals surface area contributed by atoms with Crippen molar-refractivity contribution in [2.75, 3.05) is 12.4 Å². The summed E-state index contributed by atoms with van der Waals surface area (Å²) in [6.07, 6.45) is 1.08. The van der Waals surface area contributed by atoms with Gasteiger partial charge in [-0.2, -0.15) is 0 Å². The zero-order valence-electron chi connectivity index (χ0n) is 14.9. The predicted molar refractivity (Wildman–Crippen MR) is 95.7 cm³/mol. The summed E-state index contributed by atoms with van der Waals surface area (Å²) >= 11 is 0. The highest BCUT2D eigenvalue weighted by atomic mass is 16.5. The maximum Gasteiger partial charge on any atom is 0.125 e. The molecule has 2 nitrogen and oxygen atoms in total. The van der Waals surface area contributed by atoms with Crippen LogP contribution in [-0.4, -0.2) is 7.11 Å². The van der Waals surface area contributed by atoms with Crippen LogP contribution in [0.5, 0.6) is 5.75 Å². The van der Waals surface area contributed by atoms with Gasteiger partial charge in [0, 0.05) is 11.1 Å². The molecule has 2 aromatic carbocycles. The van der Waals surface area contributed by atoms with Crippen LogP contribution in [-0.2, 0) is 17.4 Å². The summed E-state index contributed by atoms with van der Waals surface area (Å²) in [6, 6.07) is 8.88. The summed E-state index contributed by atoms with van der Waals surface area (Å²) in [7, 11) is 1.79. The van der Waals surface area contributed by atoms with Gasteiger partial charge in [0.15, 0.2) is 0 Å². The monoisotopic (exact) mass is 307 g/mol. The summed E-state index contributed by atoms with van der Waals surface area (Å²) in [5, 5.41) is 3.92. The smallest absolute Gasteiger partial charge is 0.125 e. The van der Waals surface area contributed by atoms with E-state index in [1.54, 1.807) is 7.11 Å². The Hall–Kier alpha value is -1.96. The standard InChI is InChI=1S/C21H25NO/c1-12-13(2)19(23-6)14(3)17-18(12)22-21(5)16-10-8-7-9-15(16)11-20(17,21)4/h7-10,22H,11H2,1-6H3/t20-,21-/m1/s1. The molecule has 0 aromatic heterocycles. The van der Waals surface area contributed by atoms with E-state index in [1.165, 1.54) is 39.1 Å². The minimum atomic E-state index is -0.0553. The van der Waals surface area contributed by atoms with E-state index in [4.69, 9.17) is 4.74 Å². The van der Waals surface area contributed by atoms with Gasteiger partial charge in [-0.05, 0) is 67.5 Å². The molecule has 2 aromatic rings. The van der Waals surface area contributed by atoms with Crippen LogP contribution in [0.1, 0.15) is 47.2 Å². The van der Waals surface area contributed by atoms with Gasteiger partial charge in [0.25, 0.3) is 0 Å². The van der Waals surface area contributed by atoms with Crippen molar-refractivity contribution in [2.45, 2.75) is 52.0 Å². The van der Waals surface area contributed by atoms with Gasteiger partial charge < -0.3 is 10.1 Å². The lowest BCUT2D eigenvalue weighted by molar-refractivity contribution is 0.337. The summed E-state index contributed by atoms with van der Waals surface area (Å²) in [5.41, 5.74) is 9.52. The molecule has 0 spiro atoms. The van der Waals surface area contributed by atoms with Crippen molar-refractivity contribution < 1.29 is 4.74 Å². The lowest BCUT2D eigenvalue weighted by atomic mass is 9.69. The molecule has 2 atom stereocenters. The molecule has 0 unspecified atom stereocenters. The van der Waals surface area contributed by atoms with Crippen molar-refractivity contribution in [3.8, 4) is 5.75 Å². The number of methoxy groups -OCH3 is 1. The van der Waals surface area contributed by atoms with E-state index in [-0.39, 0.29) is 11.0 Å². The average molecular weight is 307 g/mol. The lowest BCUT2D eigenvalue weighted by Gasteiger charge is -2.36. The first-order valence-corrected chi connectivity index (χ1v) is 8.40. The van der Waals surface area contributed by atoms with Crippen LogP contribution in [0.4, 0.5) is 5.69 Å². The molecule has 0 saturated heterocycles. The quantitative estimate of drug-likeness (QED) is 0.819. The normalized spacial score (nSPS) is 27.2. The number of rotatable bonds is 1. The Kier molecular flexibility index (Phi) is 2.74. The summed E-state index contributed by atoms with van der Waals surface area (Å²) in [4.78, 5) is 0. The van der Waals surface area contributed by atoms with Crippen molar-refractivity contribution in [3.63, 3.8) is 0 Å². The van der Waals surface area contributed by atoms with E-state index in [1.807, 2.05) is 0 Å². The van der Waals surface area contributed by atoms with E-state index in [0.717, 1.165) is 12.2 Å². The highest BCUT2D eigenvalue weighted by Gasteiger charge is 2.58. The Morgan fingerprint density at radius 3 is 2.39 bits per heavy atom. The Balaban J connectivity index is 2.05. The van der Waals surface area contributed by atoms with Crippen LogP contribution in [0.3, 0.4) is 0 Å². The van der Waals surface area contributed by atoms with E-state index in [0.29, 0.717) is 0 Å². The Labute approximate surface area is 138 Å². The fourth-order valence-electron chi connectivity index (χ4n) is 5.09. The molecule has 1 N–H and O–H groups in total. The summed E-state index contributed by atoms with van der Waals surface area (Å²) < 4.78 is 5.76. The molecule has 0 bridgehead atoms. The van der Waals surface area contributed by atoms with Crippen LogP contribution in [0.25, 0.3) is 0 Å². The molecule has 0 radical (unpaired) electrons. The highest BCUT2D eigenvalue weighted by Crippen LogP contribution is 2.62. The molecular formula is C21H25NO. The molecule has 1 aliphatic carbocycles. The van der Waals surface area contributed by atoms with E-state index < -0.39 is 0 Å². The molecule has 1 heterocycles. The first-order valence-electron chi connectivity index (χ1n) is 8.40. The second-order valence-electron chi connectivity index (χ2n) is 7.57. The third-order valence-corrected chi connectivity index (χ3v) is 6.58. The topological polar surface area (TPSA) is 21.3 Å². The minimum absolute atomic E-state index is 0.0553. The van der Waals surface area contributed by atoms with Gasteiger partial charge in [0.2, 0.25) is 0 Å². The molecule has 2 heteroatoms. The number of nitrogens with one attached hydrogen (secondary N) is 1. The molecule has 0 saturated carbocycles. The molecular weight excluding hydrogens is 282 g/mol. The maximum absolute atomic E-state index is 5.76. The Morgan fingerprint density at radius 2 is 1.70 bits per heavy atom. The van der Waals surface area contributed by atoms with E-state index in [9.17, 15) is 0 Å². The lowest BCUT2D eigenvalue weighted by Crippen LogP contribution is -2.42. The molecule has 0 amide bonds. The number of anilines is 1. The fourth-order valence-corrected chi connectivity index (χ4v) is 5.09. The number of ether oxygens (including phenoxy) is 1. The largest absolute Gasteiger partial charge is 0.496 e. The number of benzene rings is 2. The van der Waals surface area contributed by atoms with Gasteiger partial charge in [-0.15, -0.1) is 0 Å². The van der Waals surface area contributed by atoms with Crippen molar-refractivity contribution >= 4 is 5.69 Å². The van der Waals surface area contributed by atoms with Crippen LogP contribution < -0.4 is 10.1 Å². The second-order valence-corrected chi connectivity index (χ2v) is 7.57. The number of hydrogen-bond donors (Lipinski definition) is 1. The molecule has 1 aliphatic heterocycles. The van der Waals surface area contributed by atoms with Crippen molar-refractivity contribution in [3.05, 3.63) is 57.6 Å². The third-order valence-electron chi connectivity index (χ3n) is 6.58. The van der Waals surface area contributed by atoms with E-state index >= 15 is 0 Å². The van der Waals surface area contributed by atoms with Gasteiger partial charge in [0.05, 0.1) is 12.6 Å². The van der Waals surface area contributed by atoms with Gasteiger partial charge in [-0.3, -0.25) is 0 Å². The molecule has 23 heavy (non-hydrogen) atoms. The molecule has 2 aliphatic rings. The SMILES string of the molecule is COc1c(C)c(C)c2c(c1C)[C@@]1(C)Cc3ccccc3[C@@]1(C)N2. The zero-order valence-corrected chi connectivity index (χ0v) is 14.9. The Morgan fingerprint density at radius 1 is 1.00 bits per heavy atom. The van der Waals surface area contributed by atoms with Crippen LogP contribution >= 0.6 is 0 Å². The van der Waals surface area contributed by atoms with Crippen LogP contribution in [0.2, 0.25) is 0 Å². The molecule has 4 rings (SSSR count). The zero-order chi connectivity index (χ0) is 16.6. The first kappa shape index (κ1) is 14.6. The van der Waals surface area contributed by atoms with Crippen LogP contribution in [0.15, 0.2) is 24.3 Å². The van der Waals surface area contributed by atoms with Gasteiger partial charge in [-0.1, -0.05) is 31.2 Å². The van der Waals surface area contributed by atoms with Gasteiger partial charge >= 0.3 is 0 Å². The maximum atomic E-state index is 5.76. The fraction of sp³-hybridized carbons (Fsp3) is 0.429. The first-order chi connectivity index (χ1) is 10.8. The summed E-state index contributed by atoms with van der Waals surface area (Å²) in [5.74, 6) is 1.05. The van der Waals surface area contributed by atoms with Crippen molar-refractivity contribution in [2.24, 2.45) is 0 Å². The third kappa shape index (κ3) is 1.50.